The quantitative estimate of drug-likeness (QED) is 0.627. The normalized spacial score (nSPS) is 11.7. The lowest BCUT2D eigenvalue weighted by molar-refractivity contribution is -0.147. The Bertz CT molecular complexity index is 542. The van der Waals surface area contributed by atoms with Gasteiger partial charge >= 0.3 is 5.97 Å². The van der Waals surface area contributed by atoms with Crippen molar-refractivity contribution in [2.45, 2.75) is 19.6 Å². The van der Waals surface area contributed by atoms with E-state index < -0.39 is 6.04 Å². The van der Waals surface area contributed by atoms with E-state index >= 15 is 0 Å². The Labute approximate surface area is 124 Å². The van der Waals surface area contributed by atoms with Gasteiger partial charge in [-0.05, 0) is 24.6 Å². The van der Waals surface area contributed by atoms with Gasteiger partial charge in [0.25, 0.3) is 0 Å². The van der Waals surface area contributed by atoms with Crippen molar-refractivity contribution in [3.05, 3.63) is 66.2 Å². The molecule has 0 saturated heterocycles. The summed E-state index contributed by atoms with van der Waals surface area (Å²) in [5.74, 6) is 0.463. The van der Waals surface area contributed by atoms with Gasteiger partial charge < -0.3 is 9.47 Å². The molecule has 0 heterocycles. The SMILES string of the molecule is CC(NCOc1ccccc1)C(=O)OCc1ccccc1. The third-order valence-electron chi connectivity index (χ3n) is 2.95. The highest BCUT2D eigenvalue weighted by atomic mass is 16.5. The standard InChI is InChI=1S/C17H19NO3/c1-14(18-13-21-16-10-6-3-7-11-16)17(19)20-12-15-8-4-2-5-9-15/h2-11,14,18H,12-13H2,1H3. The Morgan fingerprint density at radius 3 is 2.33 bits per heavy atom. The number of ether oxygens (including phenoxy) is 2. The number of rotatable bonds is 7. The summed E-state index contributed by atoms with van der Waals surface area (Å²) in [6.07, 6.45) is 0. The van der Waals surface area contributed by atoms with Gasteiger partial charge in [0.1, 0.15) is 25.1 Å². The molecule has 0 aromatic heterocycles. The van der Waals surface area contributed by atoms with Crippen LogP contribution in [0, 0.1) is 0 Å². The van der Waals surface area contributed by atoms with Gasteiger partial charge in [0.2, 0.25) is 0 Å². The maximum absolute atomic E-state index is 11.8. The van der Waals surface area contributed by atoms with Crippen LogP contribution in [-0.4, -0.2) is 18.7 Å². The smallest absolute Gasteiger partial charge is 0.323 e. The first-order valence-corrected chi connectivity index (χ1v) is 6.87. The van der Waals surface area contributed by atoms with Crippen LogP contribution in [0.25, 0.3) is 0 Å². The van der Waals surface area contributed by atoms with Gasteiger partial charge in [-0.2, -0.15) is 0 Å². The third-order valence-corrected chi connectivity index (χ3v) is 2.95. The third kappa shape index (κ3) is 5.28. The predicted octanol–water partition coefficient (Wildman–Crippen LogP) is 2.74. The largest absolute Gasteiger partial charge is 0.478 e. The van der Waals surface area contributed by atoms with Gasteiger partial charge in [-0.15, -0.1) is 0 Å². The molecule has 0 aliphatic carbocycles. The number of hydrogen-bond donors (Lipinski definition) is 1. The van der Waals surface area contributed by atoms with E-state index in [0.29, 0.717) is 0 Å². The molecular weight excluding hydrogens is 266 g/mol. The number of esters is 1. The van der Waals surface area contributed by atoms with Crippen LogP contribution in [0.15, 0.2) is 60.7 Å². The van der Waals surface area contributed by atoms with Crippen molar-refractivity contribution >= 4 is 5.97 Å². The van der Waals surface area contributed by atoms with Gasteiger partial charge in [-0.25, -0.2) is 0 Å². The molecule has 0 amide bonds. The summed E-state index contributed by atoms with van der Waals surface area (Å²) >= 11 is 0. The number of carbonyl (C=O) groups excluding carboxylic acids is 1. The molecule has 4 nitrogen and oxygen atoms in total. The van der Waals surface area contributed by atoms with E-state index in [4.69, 9.17) is 9.47 Å². The molecule has 0 radical (unpaired) electrons. The average molecular weight is 285 g/mol. The predicted molar refractivity (Wildman–Crippen MR) is 80.8 cm³/mol. The van der Waals surface area contributed by atoms with Crippen molar-refractivity contribution < 1.29 is 14.3 Å². The molecule has 2 aromatic rings. The van der Waals surface area contributed by atoms with Gasteiger partial charge in [0.05, 0.1) is 0 Å². The van der Waals surface area contributed by atoms with Crippen molar-refractivity contribution in [2.75, 3.05) is 6.73 Å². The molecule has 4 heteroatoms. The summed E-state index contributed by atoms with van der Waals surface area (Å²) in [6, 6.07) is 18.6. The van der Waals surface area contributed by atoms with Crippen LogP contribution in [-0.2, 0) is 16.1 Å². The van der Waals surface area contributed by atoms with E-state index in [1.807, 2.05) is 60.7 Å². The van der Waals surface area contributed by atoms with Gasteiger partial charge in [0.15, 0.2) is 0 Å². The number of nitrogens with one attached hydrogen (secondary N) is 1. The number of benzene rings is 2. The molecular formula is C17H19NO3. The van der Waals surface area contributed by atoms with Crippen molar-refractivity contribution in [3.63, 3.8) is 0 Å². The van der Waals surface area contributed by atoms with E-state index in [0.717, 1.165) is 11.3 Å². The summed E-state index contributed by atoms with van der Waals surface area (Å²) in [5.41, 5.74) is 0.971. The van der Waals surface area contributed by atoms with Crippen molar-refractivity contribution in [1.29, 1.82) is 0 Å². The zero-order chi connectivity index (χ0) is 14.9. The Hall–Kier alpha value is -2.33. The van der Waals surface area contributed by atoms with Crippen molar-refractivity contribution in [3.8, 4) is 5.75 Å². The zero-order valence-electron chi connectivity index (χ0n) is 12.0. The van der Waals surface area contributed by atoms with Gasteiger partial charge in [-0.3, -0.25) is 10.1 Å². The fourth-order valence-corrected chi connectivity index (χ4v) is 1.70. The highest BCUT2D eigenvalue weighted by Gasteiger charge is 2.13. The van der Waals surface area contributed by atoms with E-state index in [1.54, 1.807) is 6.92 Å². The molecule has 0 aliphatic rings. The van der Waals surface area contributed by atoms with Crippen LogP contribution in [0.2, 0.25) is 0 Å². The topological polar surface area (TPSA) is 47.6 Å². The molecule has 110 valence electrons. The van der Waals surface area contributed by atoms with Gasteiger partial charge in [-0.1, -0.05) is 48.5 Å². The molecule has 1 atom stereocenters. The van der Waals surface area contributed by atoms with Crippen molar-refractivity contribution in [1.82, 2.24) is 5.32 Å². The molecule has 0 saturated carbocycles. The Morgan fingerprint density at radius 2 is 1.67 bits per heavy atom. The number of carbonyl (C=O) groups is 1. The molecule has 0 spiro atoms. The van der Waals surface area contributed by atoms with Crippen LogP contribution >= 0.6 is 0 Å². The van der Waals surface area contributed by atoms with Gasteiger partial charge in [0, 0.05) is 0 Å². The summed E-state index contributed by atoms with van der Waals surface area (Å²) in [5, 5.41) is 2.97. The summed E-state index contributed by atoms with van der Waals surface area (Å²) in [7, 11) is 0. The lowest BCUT2D eigenvalue weighted by Crippen LogP contribution is -2.37. The maximum Gasteiger partial charge on any atom is 0.323 e. The fraction of sp³-hybridized carbons (Fsp3) is 0.235. The van der Waals surface area contributed by atoms with Crippen molar-refractivity contribution in [2.24, 2.45) is 0 Å². The zero-order valence-corrected chi connectivity index (χ0v) is 12.0. The number of hydrogen-bond acceptors (Lipinski definition) is 4. The first kappa shape index (κ1) is 15.1. The Balaban J connectivity index is 1.68. The average Bonchev–Trinajstić information content (AvgIpc) is 2.54. The molecule has 1 unspecified atom stereocenters. The van der Waals surface area contributed by atoms with Crippen LogP contribution < -0.4 is 10.1 Å². The minimum Gasteiger partial charge on any atom is -0.478 e. The highest BCUT2D eigenvalue weighted by Crippen LogP contribution is 2.07. The fourth-order valence-electron chi connectivity index (χ4n) is 1.70. The molecule has 0 fully saturated rings. The van der Waals surface area contributed by atoms with Crippen LogP contribution in [0.5, 0.6) is 5.75 Å². The Morgan fingerprint density at radius 1 is 1.05 bits per heavy atom. The van der Waals surface area contributed by atoms with Crippen LogP contribution in [0.4, 0.5) is 0 Å². The van der Waals surface area contributed by atoms with Crippen LogP contribution in [0.1, 0.15) is 12.5 Å². The molecule has 1 N–H and O–H groups in total. The van der Waals surface area contributed by atoms with E-state index in [1.165, 1.54) is 0 Å². The summed E-state index contributed by atoms with van der Waals surface area (Å²) in [6.45, 7) is 2.29. The van der Waals surface area contributed by atoms with E-state index in [-0.39, 0.29) is 19.3 Å². The maximum atomic E-state index is 11.8. The Kier molecular flexibility index (Phi) is 5.79. The minimum absolute atomic E-state index is 0.256. The molecule has 2 rings (SSSR count). The first-order chi connectivity index (χ1) is 10.3. The second-order valence-corrected chi connectivity index (χ2v) is 4.62. The molecule has 0 bridgehead atoms. The lowest BCUT2D eigenvalue weighted by atomic mass is 10.2. The lowest BCUT2D eigenvalue weighted by Gasteiger charge is -2.14. The number of para-hydroxylation sites is 1. The second-order valence-electron chi connectivity index (χ2n) is 4.62. The molecule has 0 aliphatic heterocycles. The van der Waals surface area contributed by atoms with E-state index in [9.17, 15) is 4.79 Å². The summed E-state index contributed by atoms with van der Waals surface area (Å²) in [4.78, 5) is 11.8. The summed E-state index contributed by atoms with van der Waals surface area (Å²) < 4.78 is 10.7. The monoisotopic (exact) mass is 285 g/mol. The van der Waals surface area contributed by atoms with E-state index in [2.05, 4.69) is 5.32 Å². The highest BCUT2D eigenvalue weighted by molar-refractivity contribution is 5.75. The second kappa shape index (κ2) is 8.07. The minimum atomic E-state index is -0.419. The molecule has 21 heavy (non-hydrogen) atoms. The molecule has 2 aromatic carbocycles. The van der Waals surface area contributed by atoms with Crippen LogP contribution in [0.3, 0.4) is 0 Å². The first-order valence-electron chi connectivity index (χ1n) is 6.87.